The van der Waals surface area contributed by atoms with E-state index in [1.807, 2.05) is 0 Å². The second-order valence-electron chi connectivity index (χ2n) is 5.24. The van der Waals surface area contributed by atoms with E-state index in [9.17, 15) is 23.2 Å². The van der Waals surface area contributed by atoms with Gasteiger partial charge in [0.2, 0.25) is 11.8 Å². The standard InChI is InChI=1S/C14H11F2NO4/c15-9-4-8(14(20)21)11(5-10(9)16)17-12(18)6-2-1-3-7(6)13(17)19/h4-7H,1-3H2,(H,20,21). The van der Waals surface area contributed by atoms with Crippen molar-refractivity contribution in [2.45, 2.75) is 19.3 Å². The summed E-state index contributed by atoms with van der Waals surface area (Å²) in [6, 6.07) is 1.08. The Hall–Kier alpha value is -2.31. The summed E-state index contributed by atoms with van der Waals surface area (Å²) in [4.78, 5) is 36.4. The largest absolute Gasteiger partial charge is 0.478 e. The van der Waals surface area contributed by atoms with Crippen molar-refractivity contribution in [2.24, 2.45) is 11.8 Å². The second-order valence-corrected chi connectivity index (χ2v) is 5.24. The van der Waals surface area contributed by atoms with Crippen LogP contribution >= 0.6 is 0 Å². The molecular formula is C14H11F2NO4. The third kappa shape index (κ3) is 1.91. The van der Waals surface area contributed by atoms with E-state index in [4.69, 9.17) is 5.11 Å². The highest BCUT2D eigenvalue weighted by molar-refractivity contribution is 6.24. The van der Waals surface area contributed by atoms with Crippen molar-refractivity contribution in [3.05, 3.63) is 29.3 Å². The van der Waals surface area contributed by atoms with E-state index in [0.29, 0.717) is 29.9 Å². The predicted molar refractivity (Wildman–Crippen MR) is 66.6 cm³/mol. The summed E-state index contributed by atoms with van der Waals surface area (Å²) in [5, 5.41) is 9.08. The van der Waals surface area contributed by atoms with E-state index in [-0.39, 0.29) is 0 Å². The number of rotatable bonds is 2. The molecule has 0 bridgehead atoms. The Morgan fingerprint density at radius 1 is 1.10 bits per heavy atom. The quantitative estimate of drug-likeness (QED) is 0.846. The van der Waals surface area contributed by atoms with Crippen LogP contribution in [0.5, 0.6) is 0 Å². The molecule has 1 aromatic carbocycles. The van der Waals surface area contributed by atoms with Gasteiger partial charge in [0.25, 0.3) is 0 Å². The lowest BCUT2D eigenvalue weighted by Crippen LogP contribution is -2.33. The number of carboxylic acids is 1. The lowest BCUT2D eigenvalue weighted by molar-refractivity contribution is -0.122. The van der Waals surface area contributed by atoms with Crippen LogP contribution in [0, 0.1) is 23.5 Å². The van der Waals surface area contributed by atoms with Gasteiger partial charge in [-0.1, -0.05) is 6.42 Å². The zero-order valence-corrected chi connectivity index (χ0v) is 10.8. The predicted octanol–water partition coefficient (Wildman–Crippen LogP) is 1.95. The molecule has 2 amide bonds. The number of carbonyl (C=O) groups excluding carboxylic acids is 2. The number of carboxylic acid groups (broad SMARTS) is 1. The van der Waals surface area contributed by atoms with Crippen LogP contribution in [0.3, 0.4) is 0 Å². The minimum absolute atomic E-state index is 0.397. The SMILES string of the molecule is O=C(O)c1cc(F)c(F)cc1N1C(=O)C2CCCC2C1=O. The molecule has 110 valence electrons. The molecule has 1 N–H and O–H groups in total. The Bertz CT molecular complexity index is 651. The summed E-state index contributed by atoms with van der Waals surface area (Å²) in [5.41, 5.74) is -0.999. The number of anilines is 1. The maximum absolute atomic E-state index is 13.4. The minimum atomic E-state index is -1.53. The van der Waals surface area contributed by atoms with E-state index >= 15 is 0 Å². The highest BCUT2D eigenvalue weighted by Gasteiger charge is 2.51. The van der Waals surface area contributed by atoms with Gasteiger partial charge in [0.1, 0.15) is 0 Å². The molecule has 0 radical (unpaired) electrons. The molecule has 3 rings (SSSR count). The maximum atomic E-state index is 13.4. The Kier molecular flexibility index (Phi) is 3.00. The molecule has 1 saturated carbocycles. The van der Waals surface area contributed by atoms with Crippen LogP contribution < -0.4 is 4.90 Å². The van der Waals surface area contributed by atoms with Crippen LogP contribution in [0.4, 0.5) is 14.5 Å². The number of aromatic carboxylic acids is 1. The van der Waals surface area contributed by atoms with Crippen molar-refractivity contribution in [1.29, 1.82) is 0 Å². The van der Waals surface area contributed by atoms with Gasteiger partial charge in [0.05, 0.1) is 23.1 Å². The van der Waals surface area contributed by atoms with Gasteiger partial charge in [0, 0.05) is 6.07 Å². The third-order valence-corrected chi connectivity index (χ3v) is 4.10. The van der Waals surface area contributed by atoms with Gasteiger partial charge >= 0.3 is 5.97 Å². The number of hydrogen-bond acceptors (Lipinski definition) is 3. The molecule has 0 aromatic heterocycles. The van der Waals surface area contributed by atoms with Crippen molar-refractivity contribution >= 4 is 23.5 Å². The normalized spacial score (nSPS) is 24.6. The van der Waals surface area contributed by atoms with Crippen LogP contribution in [0.15, 0.2) is 12.1 Å². The van der Waals surface area contributed by atoms with Crippen LogP contribution in [-0.4, -0.2) is 22.9 Å². The molecule has 1 aliphatic carbocycles. The average molecular weight is 295 g/mol. The topological polar surface area (TPSA) is 74.7 Å². The second kappa shape index (κ2) is 4.61. The first-order valence-corrected chi connectivity index (χ1v) is 6.52. The van der Waals surface area contributed by atoms with Gasteiger partial charge in [-0.2, -0.15) is 0 Å². The zero-order valence-electron chi connectivity index (χ0n) is 10.8. The molecule has 1 aliphatic heterocycles. The summed E-state index contributed by atoms with van der Waals surface area (Å²) >= 11 is 0. The van der Waals surface area contributed by atoms with Gasteiger partial charge in [-0.15, -0.1) is 0 Å². The molecule has 2 unspecified atom stereocenters. The smallest absolute Gasteiger partial charge is 0.337 e. The molecule has 2 aliphatic rings. The number of fused-ring (bicyclic) bond motifs is 1. The van der Waals surface area contributed by atoms with Crippen molar-refractivity contribution in [1.82, 2.24) is 0 Å². The minimum Gasteiger partial charge on any atom is -0.478 e. The number of benzene rings is 1. The number of nitrogens with zero attached hydrogens (tertiary/aromatic N) is 1. The fourth-order valence-electron chi connectivity index (χ4n) is 3.12. The summed E-state index contributed by atoms with van der Waals surface area (Å²) in [7, 11) is 0. The average Bonchev–Trinajstić information content (AvgIpc) is 2.98. The van der Waals surface area contributed by atoms with Gasteiger partial charge in [-0.05, 0) is 18.9 Å². The van der Waals surface area contributed by atoms with Crippen molar-refractivity contribution in [3.63, 3.8) is 0 Å². The molecule has 5 nitrogen and oxygen atoms in total. The maximum Gasteiger partial charge on any atom is 0.337 e. The highest BCUT2D eigenvalue weighted by atomic mass is 19.2. The molecule has 1 aromatic rings. The fourth-order valence-corrected chi connectivity index (χ4v) is 3.12. The molecule has 7 heteroatoms. The van der Waals surface area contributed by atoms with Gasteiger partial charge in [-0.3, -0.25) is 9.59 Å². The molecule has 1 saturated heterocycles. The molecule has 1 heterocycles. The summed E-state index contributed by atoms with van der Waals surface area (Å²) < 4.78 is 26.6. The number of amides is 2. The van der Waals surface area contributed by atoms with E-state index in [2.05, 4.69) is 0 Å². The zero-order chi connectivity index (χ0) is 15.3. The first kappa shape index (κ1) is 13.7. The van der Waals surface area contributed by atoms with Crippen LogP contribution in [0.1, 0.15) is 29.6 Å². The molecule has 0 spiro atoms. The van der Waals surface area contributed by atoms with E-state index in [1.54, 1.807) is 0 Å². The number of imide groups is 1. The first-order valence-electron chi connectivity index (χ1n) is 6.52. The Morgan fingerprint density at radius 3 is 2.14 bits per heavy atom. The molecule has 2 atom stereocenters. The summed E-state index contributed by atoms with van der Waals surface area (Å²) in [5.74, 6) is -6.18. The van der Waals surface area contributed by atoms with Crippen molar-refractivity contribution in [2.75, 3.05) is 4.90 Å². The van der Waals surface area contributed by atoms with E-state index < -0.39 is 52.5 Å². The first-order chi connectivity index (χ1) is 9.91. The van der Waals surface area contributed by atoms with Crippen molar-refractivity contribution in [3.8, 4) is 0 Å². The Labute approximate surface area is 118 Å². The lowest BCUT2D eigenvalue weighted by Gasteiger charge is -2.18. The molecule has 2 fully saturated rings. The van der Waals surface area contributed by atoms with E-state index in [1.165, 1.54) is 0 Å². The van der Waals surface area contributed by atoms with Crippen LogP contribution in [0.2, 0.25) is 0 Å². The van der Waals surface area contributed by atoms with Gasteiger partial charge in [0.15, 0.2) is 11.6 Å². The van der Waals surface area contributed by atoms with Crippen LogP contribution in [0.25, 0.3) is 0 Å². The lowest BCUT2D eigenvalue weighted by atomic mass is 10.00. The fraction of sp³-hybridized carbons (Fsp3) is 0.357. The number of halogens is 2. The molecular weight excluding hydrogens is 284 g/mol. The van der Waals surface area contributed by atoms with Gasteiger partial charge < -0.3 is 5.11 Å². The number of carbonyl (C=O) groups is 3. The number of hydrogen-bond donors (Lipinski definition) is 1. The Morgan fingerprint density at radius 2 is 1.62 bits per heavy atom. The van der Waals surface area contributed by atoms with Crippen LogP contribution in [-0.2, 0) is 9.59 Å². The highest BCUT2D eigenvalue weighted by Crippen LogP contribution is 2.42. The van der Waals surface area contributed by atoms with Crippen molar-refractivity contribution < 1.29 is 28.3 Å². The summed E-state index contributed by atoms with van der Waals surface area (Å²) in [6.07, 6.45) is 1.86. The molecule has 21 heavy (non-hydrogen) atoms. The summed E-state index contributed by atoms with van der Waals surface area (Å²) in [6.45, 7) is 0. The third-order valence-electron chi connectivity index (χ3n) is 4.10. The monoisotopic (exact) mass is 295 g/mol. The Balaban J connectivity index is 2.12. The van der Waals surface area contributed by atoms with E-state index in [0.717, 1.165) is 6.42 Å². The van der Waals surface area contributed by atoms with Gasteiger partial charge in [-0.25, -0.2) is 18.5 Å².